The van der Waals surface area contributed by atoms with Crippen molar-refractivity contribution >= 4 is 5.97 Å². The minimum absolute atomic E-state index is 0.0256. The molecule has 0 aromatic carbocycles. The zero-order chi connectivity index (χ0) is 20.1. The summed E-state index contributed by atoms with van der Waals surface area (Å²) in [5.41, 5.74) is 0. The SMILES string of the molecule is CCCCC[C@H](O)/C=C/[C@@H]1[C@H](C/C=C\CCCCCC(=O)O)[C@H](O)C[C@@H]1O. The number of unbranched alkanes of at least 4 members (excludes halogenated alkanes) is 5. The lowest BCUT2D eigenvalue weighted by Gasteiger charge is -2.19. The monoisotopic (exact) mass is 382 g/mol. The van der Waals surface area contributed by atoms with Gasteiger partial charge in [0.25, 0.3) is 0 Å². The van der Waals surface area contributed by atoms with Crippen molar-refractivity contribution in [3.63, 3.8) is 0 Å². The normalized spacial score (nSPS) is 27.0. The van der Waals surface area contributed by atoms with E-state index in [1.54, 1.807) is 6.08 Å². The molecule has 0 aromatic rings. The Morgan fingerprint density at radius 3 is 2.56 bits per heavy atom. The van der Waals surface area contributed by atoms with Gasteiger partial charge in [-0.1, -0.05) is 56.9 Å². The van der Waals surface area contributed by atoms with E-state index in [0.29, 0.717) is 19.3 Å². The minimum Gasteiger partial charge on any atom is -0.481 e. The van der Waals surface area contributed by atoms with Crippen molar-refractivity contribution in [1.29, 1.82) is 0 Å². The van der Waals surface area contributed by atoms with Crippen LogP contribution in [0, 0.1) is 11.8 Å². The van der Waals surface area contributed by atoms with E-state index in [-0.39, 0.29) is 18.3 Å². The van der Waals surface area contributed by atoms with Gasteiger partial charge in [-0.3, -0.25) is 4.79 Å². The van der Waals surface area contributed by atoms with Crippen molar-refractivity contribution in [3.8, 4) is 0 Å². The molecule has 0 unspecified atom stereocenters. The maximum Gasteiger partial charge on any atom is 0.303 e. The van der Waals surface area contributed by atoms with Gasteiger partial charge in [0, 0.05) is 18.8 Å². The predicted molar refractivity (Wildman–Crippen MR) is 107 cm³/mol. The summed E-state index contributed by atoms with van der Waals surface area (Å²) in [6.07, 6.45) is 15.0. The van der Waals surface area contributed by atoms with Crippen molar-refractivity contribution < 1.29 is 25.2 Å². The molecule has 0 bridgehead atoms. The fraction of sp³-hybridized carbons (Fsp3) is 0.773. The maximum absolute atomic E-state index is 10.5. The Kier molecular flexibility index (Phi) is 12.3. The third-order valence-corrected chi connectivity index (χ3v) is 5.41. The molecule has 0 heterocycles. The van der Waals surface area contributed by atoms with Gasteiger partial charge in [-0.15, -0.1) is 0 Å². The Balaban J connectivity index is 2.37. The topological polar surface area (TPSA) is 98.0 Å². The summed E-state index contributed by atoms with van der Waals surface area (Å²) in [5, 5.41) is 39.1. The van der Waals surface area contributed by atoms with Gasteiger partial charge in [0.05, 0.1) is 18.3 Å². The van der Waals surface area contributed by atoms with Crippen LogP contribution in [0.4, 0.5) is 0 Å². The molecule has 1 aliphatic carbocycles. The summed E-state index contributed by atoms with van der Waals surface area (Å²) in [7, 11) is 0. The minimum atomic E-state index is -0.742. The van der Waals surface area contributed by atoms with Crippen LogP contribution in [-0.2, 0) is 4.79 Å². The molecule has 1 saturated carbocycles. The first-order chi connectivity index (χ1) is 13.0. The van der Waals surface area contributed by atoms with Gasteiger partial charge in [0.2, 0.25) is 0 Å². The highest BCUT2D eigenvalue weighted by Gasteiger charge is 2.39. The lowest BCUT2D eigenvalue weighted by molar-refractivity contribution is -0.137. The first-order valence-electron chi connectivity index (χ1n) is 10.5. The number of carbonyl (C=O) groups is 1. The molecule has 0 saturated heterocycles. The Morgan fingerprint density at radius 2 is 1.85 bits per heavy atom. The molecule has 0 aliphatic heterocycles. The highest BCUT2D eigenvalue weighted by atomic mass is 16.4. The largest absolute Gasteiger partial charge is 0.481 e. The number of hydrogen-bond donors (Lipinski definition) is 4. The van der Waals surface area contributed by atoms with E-state index < -0.39 is 24.3 Å². The third-order valence-electron chi connectivity index (χ3n) is 5.41. The summed E-state index contributed by atoms with van der Waals surface area (Å²) in [4.78, 5) is 10.5. The summed E-state index contributed by atoms with van der Waals surface area (Å²) < 4.78 is 0. The van der Waals surface area contributed by atoms with Crippen LogP contribution < -0.4 is 0 Å². The van der Waals surface area contributed by atoms with Gasteiger partial charge in [-0.25, -0.2) is 0 Å². The molecule has 0 spiro atoms. The molecule has 4 N–H and O–H groups in total. The molecule has 0 amide bonds. The highest BCUT2D eigenvalue weighted by Crippen LogP contribution is 2.36. The standard InChI is InChI=1S/C22H38O5/c1-2-3-8-11-17(23)14-15-19-18(20(24)16-21(19)25)12-9-6-4-5-7-10-13-22(26)27/h6,9,14-15,17-21,23-25H,2-5,7-8,10-13,16H2,1H3,(H,26,27)/b9-6-,15-14+/t17-,18-,19+,20+,21-/m0/s1. The van der Waals surface area contributed by atoms with Gasteiger partial charge >= 0.3 is 5.97 Å². The second kappa shape index (κ2) is 13.9. The summed E-state index contributed by atoms with van der Waals surface area (Å²) >= 11 is 0. The quantitative estimate of drug-likeness (QED) is 0.270. The van der Waals surface area contributed by atoms with E-state index in [4.69, 9.17) is 5.11 Å². The van der Waals surface area contributed by atoms with Crippen LogP contribution >= 0.6 is 0 Å². The van der Waals surface area contributed by atoms with E-state index >= 15 is 0 Å². The predicted octanol–water partition coefficient (Wildman–Crippen LogP) is 3.82. The van der Waals surface area contributed by atoms with Gasteiger partial charge < -0.3 is 20.4 Å². The second-order valence-corrected chi connectivity index (χ2v) is 7.76. The molecular formula is C22H38O5. The Labute approximate surface area is 163 Å². The van der Waals surface area contributed by atoms with Crippen molar-refractivity contribution in [1.82, 2.24) is 0 Å². The smallest absolute Gasteiger partial charge is 0.303 e. The molecule has 1 aliphatic rings. The van der Waals surface area contributed by atoms with Crippen LogP contribution in [0.15, 0.2) is 24.3 Å². The molecule has 1 fully saturated rings. The number of rotatable bonds is 14. The number of aliphatic hydroxyl groups is 3. The summed E-state index contributed by atoms with van der Waals surface area (Å²) in [6, 6.07) is 0. The van der Waals surface area contributed by atoms with Crippen molar-refractivity contribution in [3.05, 3.63) is 24.3 Å². The number of aliphatic carboxylic acids is 1. The van der Waals surface area contributed by atoms with E-state index in [1.165, 1.54) is 0 Å². The number of carboxylic acid groups (broad SMARTS) is 1. The van der Waals surface area contributed by atoms with Crippen LogP contribution in [-0.4, -0.2) is 44.7 Å². The molecule has 0 radical (unpaired) electrons. The van der Waals surface area contributed by atoms with E-state index in [9.17, 15) is 20.1 Å². The van der Waals surface area contributed by atoms with Crippen LogP contribution in [0.5, 0.6) is 0 Å². The zero-order valence-electron chi connectivity index (χ0n) is 16.7. The zero-order valence-corrected chi connectivity index (χ0v) is 16.7. The fourth-order valence-corrected chi connectivity index (χ4v) is 3.75. The summed E-state index contributed by atoms with van der Waals surface area (Å²) in [5.74, 6) is -0.891. The third kappa shape index (κ3) is 10.1. The van der Waals surface area contributed by atoms with Crippen LogP contribution in [0.3, 0.4) is 0 Å². The molecule has 5 heteroatoms. The van der Waals surface area contributed by atoms with E-state index in [2.05, 4.69) is 19.1 Å². The molecule has 5 nitrogen and oxygen atoms in total. The Morgan fingerprint density at radius 1 is 1.07 bits per heavy atom. The molecule has 5 atom stereocenters. The Bertz CT molecular complexity index is 460. The average Bonchev–Trinajstić information content (AvgIpc) is 2.88. The van der Waals surface area contributed by atoms with Crippen LogP contribution in [0.25, 0.3) is 0 Å². The molecule has 0 aromatic heterocycles. The summed E-state index contributed by atoms with van der Waals surface area (Å²) in [6.45, 7) is 2.13. The molecular weight excluding hydrogens is 344 g/mol. The van der Waals surface area contributed by atoms with Gasteiger partial charge in [0.15, 0.2) is 0 Å². The lowest BCUT2D eigenvalue weighted by atomic mass is 9.89. The van der Waals surface area contributed by atoms with Crippen molar-refractivity contribution in [2.45, 2.75) is 95.9 Å². The lowest BCUT2D eigenvalue weighted by Crippen LogP contribution is -2.20. The fourth-order valence-electron chi connectivity index (χ4n) is 3.75. The van der Waals surface area contributed by atoms with Gasteiger partial charge in [-0.2, -0.15) is 0 Å². The van der Waals surface area contributed by atoms with Gasteiger partial charge in [0.1, 0.15) is 0 Å². The maximum atomic E-state index is 10.5. The first kappa shape index (κ1) is 23.9. The number of hydrogen-bond acceptors (Lipinski definition) is 4. The van der Waals surface area contributed by atoms with Crippen molar-refractivity contribution in [2.24, 2.45) is 11.8 Å². The average molecular weight is 383 g/mol. The molecule has 156 valence electrons. The van der Waals surface area contributed by atoms with Gasteiger partial charge in [-0.05, 0) is 38.0 Å². The highest BCUT2D eigenvalue weighted by molar-refractivity contribution is 5.66. The van der Waals surface area contributed by atoms with Crippen LogP contribution in [0.1, 0.15) is 77.6 Å². The number of aliphatic hydroxyl groups excluding tert-OH is 3. The van der Waals surface area contributed by atoms with E-state index in [0.717, 1.165) is 44.9 Å². The van der Waals surface area contributed by atoms with Crippen LogP contribution in [0.2, 0.25) is 0 Å². The molecule has 1 rings (SSSR count). The second-order valence-electron chi connectivity index (χ2n) is 7.76. The first-order valence-corrected chi connectivity index (χ1v) is 10.5. The van der Waals surface area contributed by atoms with E-state index in [1.807, 2.05) is 6.08 Å². The number of allylic oxidation sites excluding steroid dienone is 2. The number of carboxylic acids is 1. The van der Waals surface area contributed by atoms with Crippen molar-refractivity contribution in [2.75, 3.05) is 0 Å². The Hall–Kier alpha value is -1.17. The molecule has 27 heavy (non-hydrogen) atoms.